The van der Waals surface area contributed by atoms with Crippen molar-refractivity contribution in [3.63, 3.8) is 0 Å². The first-order valence-electron chi connectivity index (χ1n) is 6.12. The lowest BCUT2D eigenvalue weighted by Gasteiger charge is -2.09. The van der Waals surface area contributed by atoms with Crippen LogP contribution in [0.15, 0.2) is 46.0 Å². The first-order chi connectivity index (χ1) is 10.5. The molecule has 22 heavy (non-hydrogen) atoms. The highest BCUT2D eigenvalue weighted by molar-refractivity contribution is 7.91. The van der Waals surface area contributed by atoms with Crippen LogP contribution in [0.2, 0.25) is 0 Å². The van der Waals surface area contributed by atoms with Crippen LogP contribution in [0, 0.1) is 0 Å². The van der Waals surface area contributed by atoms with Gasteiger partial charge in [-0.3, -0.25) is 10.2 Å². The second-order valence-electron chi connectivity index (χ2n) is 4.05. The van der Waals surface area contributed by atoms with E-state index in [-0.39, 0.29) is 10.8 Å². The summed E-state index contributed by atoms with van der Waals surface area (Å²) in [4.78, 5) is 13.6. The van der Waals surface area contributed by atoms with Crippen molar-refractivity contribution in [2.45, 2.75) is 4.21 Å². The lowest BCUT2D eigenvalue weighted by molar-refractivity contribution is -0.123. The van der Waals surface area contributed by atoms with Crippen molar-refractivity contribution in [3.05, 3.63) is 41.8 Å². The topological polar surface area (TPSA) is 93.7 Å². The summed E-state index contributed by atoms with van der Waals surface area (Å²) in [6, 6.07) is 9.70. The van der Waals surface area contributed by atoms with E-state index < -0.39 is 15.9 Å². The Kier molecular flexibility index (Phi) is 5.36. The normalized spacial score (nSPS) is 11.0. The minimum atomic E-state index is -3.74. The Bertz CT molecular complexity index is 711. The molecule has 1 aromatic carbocycles. The molecule has 2 rings (SSSR count). The molecule has 1 heterocycles. The van der Waals surface area contributed by atoms with E-state index >= 15 is 0 Å². The number of rotatable bonds is 7. The third-order valence-corrected chi connectivity index (χ3v) is 5.16. The highest BCUT2D eigenvalue weighted by Gasteiger charge is 2.15. The van der Waals surface area contributed by atoms with Crippen LogP contribution >= 0.6 is 11.3 Å². The third-order valence-electron chi connectivity index (χ3n) is 2.51. The molecule has 0 spiro atoms. The summed E-state index contributed by atoms with van der Waals surface area (Å²) in [6.45, 7) is -0.320. The standard InChI is InChI=1S/C13H14N2O5S2/c1-19-10-4-6-11(7-5-10)20-9-12(16)14-15-22(17,18)13-3-2-8-21-13/h2-8,15H,9H2,1H3,(H,14,16). The van der Waals surface area contributed by atoms with Gasteiger partial charge in [0.15, 0.2) is 6.61 Å². The van der Waals surface area contributed by atoms with E-state index in [9.17, 15) is 13.2 Å². The Morgan fingerprint density at radius 2 is 1.86 bits per heavy atom. The van der Waals surface area contributed by atoms with Crippen LogP contribution in [0.3, 0.4) is 0 Å². The van der Waals surface area contributed by atoms with Gasteiger partial charge in [-0.25, -0.2) is 8.42 Å². The molecule has 7 nitrogen and oxygen atoms in total. The molecule has 2 aromatic rings. The Balaban J connectivity index is 1.80. The summed E-state index contributed by atoms with van der Waals surface area (Å²) < 4.78 is 33.9. The molecule has 0 aliphatic rings. The number of ether oxygens (including phenoxy) is 2. The molecule has 1 amide bonds. The van der Waals surface area contributed by atoms with Gasteiger partial charge in [0.1, 0.15) is 15.7 Å². The first-order valence-corrected chi connectivity index (χ1v) is 8.48. The predicted octanol–water partition coefficient (Wildman–Crippen LogP) is 1.15. The number of benzene rings is 1. The third kappa shape index (κ3) is 4.45. The van der Waals surface area contributed by atoms with Crippen LogP contribution in [0.5, 0.6) is 11.5 Å². The number of hydrazine groups is 1. The smallest absolute Gasteiger partial charge is 0.272 e. The zero-order valence-corrected chi connectivity index (χ0v) is 13.2. The molecular formula is C13H14N2O5S2. The number of hydrogen-bond acceptors (Lipinski definition) is 6. The minimum Gasteiger partial charge on any atom is -0.497 e. The maximum absolute atomic E-state index is 11.8. The molecule has 0 saturated carbocycles. The second-order valence-corrected chi connectivity index (χ2v) is 6.91. The van der Waals surface area contributed by atoms with E-state index in [1.54, 1.807) is 42.8 Å². The summed E-state index contributed by atoms with van der Waals surface area (Å²) >= 11 is 1.05. The van der Waals surface area contributed by atoms with Gasteiger partial charge >= 0.3 is 0 Å². The Labute approximate surface area is 131 Å². The maximum Gasteiger partial charge on any atom is 0.272 e. The van der Waals surface area contributed by atoms with Gasteiger partial charge in [-0.1, -0.05) is 6.07 Å². The number of hydrogen-bond donors (Lipinski definition) is 2. The van der Waals surface area contributed by atoms with Gasteiger partial charge in [-0.15, -0.1) is 16.2 Å². The van der Waals surface area contributed by atoms with Crippen LogP contribution in [0.25, 0.3) is 0 Å². The molecule has 0 saturated heterocycles. The molecule has 0 aliphatic heterocycles. The SMILES string of the molecule is COc1ccc(OCC(=O)NNS(=O)(=O)c2cccs2)cc1. The summed E-state index contributed by atoms with van der Waals surface area (Å²) in [6.07, 6.45) is 0. The van der Waals surface area contributed by atoms with Gasteiger partial charge in [0.25, 0.3) is 15.9 Å². The van der Waals surface area contributed by atoms with Crippen molar-refractivity contribution in [2.75, 3.05) is 13.7 Å². The van der Waals surface area contributed by atoms with Crippen molar-refractivity contribution in [1.82, 2.24) is 10.3 Å². The van der Waals surface area contributed by atoms with Crippen LogP contribution in [-0.4, -0.2) is 28.0 Å². The Morgan fingerprint density at radius 3 is 2.45 bits per heavy atom. The molecule has 0 atom stereocenters. The molecule has 2 N–H and O–H groups in total. The first kappa shape index (κ1) is 16.3. The van der Waals surface area contributed by atoms with E-state index in [0.29, 0.717) is 11.5 Å². The van der Waals surface area contributed by atoms with Crippen molar-refractivity contribution >= 4 is 27.3 Å². The Morgan fingerprint density at radius 1 is 1.18 bits per heavy atom. The fraction of sp³-hybridized carbons (Fsp3) is 0.154. The number of carbonyl (C=O) groups excluding carboxylic acids is 1. The minimum absolute atomic E-state index is 0.115. The number of nitrogens with one attached hydrogen (secondary N) is 2. The quantitative estimate of drug-likeness (QED) is 0.736. The van der Waals surface area contributed by atoms with Crippen LogP contribution in [0.4, 0.5) is 0 Å². The monoisotopic (exact) mass is 342 g/mol. The van der Waals surface area contributed by atoms with Crippen molar-refractivity contribution in [3.8, 4) is 11.5 Å². The summed E-state index contributed by atoms with van der Waals surface area (Å²) in [7, 11) is -2.19. The van der Waals surface area contributed by atoms with Gasteiger partial charge < -0.3 is 9.47 Å². The number of carbonyl (C=O) groups is 1. The maximum atomic E-state index is 11.8. The average molecular weight is 342 g/mol. The zero-order valence-electron chi connectivity index (χ0n) is 11.6. The van der Waals surface area contributed by atoms with Gasteiger partial charge in [-0.2, -0.15) is 0 Å². The summed E-state index contributed by atoms with van der Waals surface area (Å²) in [5.41, 5.74) is 2.08. The molecular weight excluding hydrogens is 328 g/mol. The number of amides is 1. The summed E-state index contributed by atoms with van der Waals surface area (Å²) in [5.74, 6) is 0.522. The second kappa shape index (κ2) is 7.25. The number of thiophene rings is 1. The summed E-state index contributed by atoms with van der Waals surface area (Å²) in [5, 5.41) is 1.63. The molecule has 9 heteroatoms. The lowest BCUT2D eigenvalue weighted by atomic mass is 10.3. The largest absolute Gasteiger partial charge is 0.497 e. The molecule has 0 bridgehead atoms. The highest BCUT2D eigenvalue weighted by atomic mass is 32.2. The molecule has 0 radical (unpaired) electrons. The molecule has 0 unspecified atom stereocenters. The molecule has 118 valence electrons. The van der Waals surface area contributed by atoms with Crippen molar-refractivity contribution < 1.29 is 22.7 Å². The zero-order chi connectivity index (χ0) is 16.0. The van der Waals surface area contributed by atoms with E-state index in [4.69, 9.17) is 9.47 Å². The van der Waals surface area contributed by atoms with Crippen LogP contribution in [-0.2, 0) is 14.8 Å². The highest BCUT2D eigenvalue weighted by Crippen LogP contribution is 2.17. The molecule has 0 aliphatic carbocycles. The lowest BCUT2D eigenvalue weighted by Crippen LogP contribution is -2.43. The number of methoxy groups -OCH3 is 1. The van der Waals surface area contributed by atoms with Crippen LogP contribution in [0.1, 0.15) is 0 Å². The van der Waals surface area contributed by atoms with Gasteiger partial charge in [-0.05, 0) is 35.7 Å². The predicted molar refractivity (Wildman–Crippen MR) is 81.3 cm³/mol. The van der Waals surface area contributed by atoms with Crippen LogP contribution < -0.4 is 19.7 Å². The van der Waals surface area contributed by atoms with Crippen molar-refractivity contribution in [2.24, 2.45) is 0 Å². The van der Waals surface area contributed by atoms with Crippen molar-refractivity contribution in [1.29, 1.82) is 0 Å². The van der Waals surface area contributed by atoms with Gasteiger partial charge in [0, 0.05) is 0 Å². The van der Waals surface area contributed by atoms with E-state index in [2.05, 4.69) is 5.43 Å². The van der Waals surface area contributed by atoms with E-state index in [1.165, 1.54) is 6.07 Å². The Hall–Kier alpha value is -2.10. The number of sulfonamides is 1. The van der Waals surface area contributed by atoms with E-state index in [1.807, 2.05) is 4.83 Å². The van der Waals surface area contributed by atoms with E-state index in [0.717, 1.165) is 11.3 Å². The molecule has 0 fully saturated rings. The van der Waals surface area contributed by atoms with Gasteiger partial charge in [0.2, 0.25) is 0 Å². The fourth-order valence-corrected chi connectivity index (χ4v) is 3.30. The average Bonchev–Trinajstić information content (AvgIpc) is 3.07. The molecule has 1 aromatic heterocycles. The van der Waals surface area contributed by atoms with Gasteiger partial charge in [0.05, 0.1) is 7.11 Å². The fourth-order valence-electron chi connectivity index (χ4n) is 1.45.